The van der Waals surface area contributed by atoms with Gasteiger partial charge in [-0.3, -0.25) is 4.79 Å². The third-order valence-electron chi connectivity index (χ3n) is 5.04. The van der Waals surface area contributed by atoms with E-state index in [9.17, 15) is 9.18 Å². The van der Waals surface area contributed by atoms with E-state index in [1.54, 1.807) is 17.0 Å². The molecule has 0 spiro atoms. The summed E-state index contributed by atoms with van der Waals surface area (Å²) in [6, 6.07) is 21.9. The molecule has 3 heteroatoms. The number of carbonyl (C=O) groups is 1. The lowest BCUT2D eigenvalue weighted by molar-refractivity contribution is 0.0692. The van der Waals surface area contributed by atoms with Gasteiger partial charge in [0.1, 0.15) is 5.82 Å². The molecule has 26 heavy (non-hydrogen) atoms. The first-order valence-corrected chi connectivity index (χ1v) is 8.85. The van der Waals surface area contributed by atoms with E-state index in [0.717, 1.165) is 17.5 Å². The lowest BCUT2D eigenvalue weighted by atomic mass is 9.87. The van der Waals surface area contributed by atoms with Crippen molar-refractivity contribution < 1.29 is 9.18 Å². The minimum atomic E-state index is -0.407. The second kappa shape index (κ2) is 6.75. The molecular formula is C23H20FNO. The van der Waals surface area contributed by atoms with Crippen LogP contribution in [0.15, 0.2) is 72.8 Å². The zero-order valence-electron chi connectivity index (χ0n) is 14.7. The minimum absolute atomic E-state index is 0.0623. The summed E-state index contributed by atoms with van der Waals surface area (Å²) in [5, 5.41) is 0. The number of benzene rings is 3. The Morgan fingerprint density at radius 3 is 2.31 bits per heavy atom. The molecule has 1 aliphatic heterocycles. The van der Waals surface area contributed by atoms with Gasteiger partial charge in [-0.05, 0) is 42.7 Å². The lowest BCUT2D eigenvalue weighted by Gasteiger charge is -2.38. The Bertz CT molecular complexity index is 948. The van der Waals surface area contributed by atoms with Crippen LogP contribution in [-0.2, 0) is 6.42 Å². The van der Waals surface area contributed by atoms with Gasteiger partial charge in [-0.25, -0.2) is 4.39 Å². The number of nitrogens with zero attached hydrogens (tertiary/aromatic N) is 1. The number of amides is 1. The number of rotatable bonds is 2. The number of hydrogen-bond acceptors (Lipinski definition) is 1. The van der Waals surface area contributed by atoms with Gasteiger partial charge in [-0.1, -0.05) is 60.2 Å². The number of fused-ring (bicyclic) bond motifs is 1. The fraction of sp³-hybridized carbons (Fsp3) is 0.174. The van der Waals surface area contributed by atoms with Crippen LogP contribution in [0, 0.1) is 12.7 Å². The smallest absolute Gasteiger partial charge is 0.254 e. The van der Waals surface area contributed by atoms with Crippen molar-refractivity contribution in [3.63, 3.8) is 0 Å². The van der Waals surface area contributed by atoms with Crippen molar-refractivity contribution in [2.45, 2.75) is 19.4 Å². The maximum Gasteiger partial charge on any atom is 0.254 e. The molecule has 0 fully saturated rings. The normalized spacial score (nSPS) is 16.2. The van der Waals surface area contributed by atoms with Crippen molar-refractivity contribution in [1.82, 2.24) is 4.90 Å². The molecule has 130 valence electrons. The highest BCUT2D eigenvalue weighted by atomic mass is 19.1. The lowest BCUT2D eigenvalue weighted by Crippen LogP contribution is -2.41. The second-order valence-electron chi connectivity index (χ2n) is 6.74. The van der Waals surface area contributed by atoms with E-state index < -0.39 is 6.04 Å². The summed E-state index contributed by atoms with van der Waals surface area (Å²) in [5.41, 5.74) is 4.46. The molecule has 0 saturated carbocycles. The number of aryl methyl sites for hydroxylation is 1. The summed E-state index contributed by atoms with van der Waals surface area (Å²) in [6.45, 7) is 2.57. The van der Waals surface area contributed by atoms with Crippen LogP contribution in [0.2, 0.25) is 0 Å². The van der Waals surface area contributed by atoms with E-state index in [4.69, 9.17) is 0 Å². The molecule has 0 aromatic heterocycles. The molecule has 0 unspecified atom stereocenters. The monoisotopic (exact) mass is 345 g/mol. The van der Waals surface area contributed by atoms with E-state index in [2.05, 4.69) is 6.07 Å². The van der Waals surface area contributed by atoms with Gasteiger partial charge in [-0.15, -0.1) is 0 Å². The largest absolute Gasteiger partial charge is 0.327 e. The van der Waals surface area contributed by atoms with E-state index in [1.807, 2.05) is 55.5 Å². The van der Waals surface area contributed by atoms with Crippen LogP contribution in [0.3, 0.4) is 0 Å². The Hall–Kier alpha value is -2.94. The number of halogens is 1. The standard InChI is InChI=1S/C23H20FNO/c1-16-10-12-18(13-11-16)23(26)25-15-14-17-6-2-3-7-19(17)22(25)20-8-4-5-9-21(20)24/h2-13,22H,14-15H2,1H3/t22-/m1/s1. The van der Waals surface area contributed by atoms with Crippen LogP contribution in [0.4, 0.5) is 4.39 Å². The van der Waals surface area contributed by atoms with Gasteiger partial charge in [0.05, 0.1) is 6.04 Å². The SMILES string of the molecule is Cc1ccc(C(=O)N2CCc3ccccc3[C@@H]2c2ccccc2F)cc1. The fourth-order valence-corrected chi connectivity index (χ4v) is 3.68. The molecule has 1 amide bonds. The van der Waals surface area contributed by atoms with Crippen LogP contribution < -0.4 is 0 Å². The van der Waals surface area contributed by atoms with Gasteiger partial charge < -0.3 is 4.90 Å². The zero-order chi connectivity index (χ0) is 18.1. The first kappa shape index (κ1) is 16.5. The number of carbonyl (C=O) groups excluding carboxylic acids is 1. The van der Waals surface area contributed by atoms with Gasteiger partial charge in [0, 0.05) is 17.7 Å². The quantitative estimate of drug-likeness (QED) is 0.645. The molecule has 0 N–H and O–H groups in total. The molecule has 3 aromatic rings. The summed E-state index contributed by atoms with van der Waals surface area (Å²) in [7, 11) is 0. The third kappa shape index (κ3) is 2.90. The maximum absolute atomic E-state index is 14.6. The summed E-state index contributed by atoms with van der Waals surface area (Å²) in [4.78, 5) is 15.0. The average Bonchev–Trinajstić information content (AvgIpc) is 2.68. The highest BCUT2D eigenvalue weighted by Gasteiger charge is 2.33. The first-order chi connectivity index (χ1) is 12.6. The van der Waals surface area contributed by atoms with Crippen molar-refractivity contribution in [2.75, 3.05) is 6.54 Å². The molecule has 0 radical (unpaired) electrons. The van der Waals surface area contributed by atoms with Crippen molar-refractivity contribution in [3.8, 4) is 0 Å². The van der Waals surface area contributed by atoms with E-state index in [1.165, 1.54) is 11.6 Å². The van der Waals surface area contributed by atoms with Gasteiger partial charge in [0.2, 0.25) is 0 Å². The van der Waals surface area contributed by atoms with Crippen LogP contribution in [0.25, 0.3) is 0 Å². The Morgan fingerprint density at radius 1 is 0.923 bits per heavy atom. The zero-order valence-corrected chi connectivity index (χ0v) is 14.7. The Labute approximate surface area is 152 Å². The van der Waals surface area contributed by atoms with Crippen LogP contribution >= 0.6 is 0 Å². The Morgan fingerprint density at radius 2 is 1.58 bits per heavy atom. The van der Waals surface area contributed by atoms with Crippen molar-refractivity contribution in [2.24, 2.45) is 0 Å². The van der Waals surface area contributed by atoms with Crippen LogP contribution in [0.5, 0.6) is 0 Å². The summed E-state index contributed by atoms with van der Waals surface area (Å²) in [5.74, 6) is -0.344. The van der Waals surface area contributed by atoms with E-state index in [0.29, 0.717) is 17.7 Å². The predicted molar refractivity (Wildman–Crippen MR) is 101 cm³/mol. The summed E-state index contributed by atoms with van der Waals surface area (Å²) in [6.07, 6.45) is 0.777. The predicted octanol–water partition coefficient (Wildman–Crippen LogP) is 4.92. The van der Waals surface area contributed by atoms with Gasteiger partial charge >= 0.3 is 0 Å². The van der Waals surface area contributed by atoms with Crippen LogP contribution in [-0.4, -0.2) is 17.4 Å². The number of hydrogen-bond donors (Lipinski definition) is 0. The molecule has 1 heterocycles. The van der Waals surface area contributed by atoms with Gasteiger partial charge in [-0.2, -0.15) is 0 Å². The van der Waals surface area contributed by atoms with Crippen molar-refractivity contribution in [1.29, 1.82) is 0 Å². The van der Waals surface area contributed by atoms with E-state index >= 15 is 0 Å². The molecule has 0 bridgehead atoms. The topological polar surface area (TPSA) is 20.3 Å². The second-order valence-corrected chi connectivity index (χ2v) is 6.74. The molecule has 0 saturated heterocycles. The average molecular weight is 345 g/mol. The molecule has 1 aliphatic rings. The van der Waals surface area contributed by atoms with Gasteiger partial charge in [0.15, 0.2) is 0 Å². The van der Waals surface area contributed by atoms with Crippen molar-refractivity contribution in [3.05, 3.63) is 106 Å². The minimum Gasteiger partial charge on any atom is -0.327 e. The third-order valence-corrected chi connectivity index (χ3v) is 5.04. The van der Waals surface area contributed by atoms with Crippen LogP contribution in [0.1, 0.15) is 38.7 Å². The summed E-state index contributed by atoms with van der Waals surface area (Å²) < 4.78 is 14.6. The Kier molecular flexibility index (Phi) is 4.29. The molecule has 1 atom stereocenters. The Balaban J connectivity index is 1.82. The van der Waals surface area contributed by atoms with Gasteiger partial charge in [0.25, 0.3) is 5.91 Å². The van der Waals surface area contributed by atoms with Crippen molar-refractivity contribution >= 4 is 5.91 Å². The first-order valence-electron chi connectivity index (χ1n) is 8.85. The highest BCUT2D eigenvalue weighted by molar-refractivity contribution is 5.95. The fourth-order valence-electron chi connectivity index (χ4n) is 3.68. The molecule has 4 rings (SSSR count). The van der Waals surface area contributed by atoms with E-state index in [-0.39, 0.29) is 11.7 Å². The molecule has 0 aliphatic carbocycles. The summed E-state index contributed by atoms with van der Waals surface area (Å²) >= 11 is 0. The molecule has 2 nitrogen and oxygen atoms in total. The molecule has 3 aromatic carbocycles. The maximum atomic E-state index is 14.6. The highest BCUT2D eigenvalue weighted by Crippen LogP contribution is 2.37. The molecular weight excluding hydrogens is 325 g/mol.